The molecular weight excluding hydrogens is 266 g/mol. The van der Waals surface area contributed by atoms with Crippen LogP contribution in [0.15, 0.2) is 42.9 Å². The first-order chi connectivity index (χ1) is 10.0. The van der Waals surface area contributed by atoms with Crippen LogP contribution in [0, 0.1) is 11.3 Å². The predicted octanol–water partition coefficient (Wildman–Crippen LogP) is 2.32. The molecule has 0 unspecified atom stereocenters. The number of rotatable bonds is 5. The van der Waals surface area contributed by atoms with Gasteiger partial charge in [0.25, 0.3) is 0 Å². The number of Topliss-reactive ketones (excluding diaryl/α,β-unsaturated/α-hetero) is 1. The molecule has 2 aromatic rings. The summed E-state index contributed by atoms with van der Waals surface area (Å²) in [5.74, 6) is 0.473. The maximum Gasteiger partial charge on any atom is 0.181 e. The average Bonchev–Trinajstić information content (AvgIpc) is 2.48. The van der Waals surface area contributed by atoms with Crippen LogP contribution < -0.4 is 4.74 Å². The summed E-state index contributed by atoms with van der Waals surface area (Å²) in [5.41, 5.74) is 0.234. The first kappa shape index (κ1) is 14.7. The molecular formula is C16H15N3O2. The minimum absolute atomic E-state index is 0.0782. The molecule has 1 heterocycles. The fourth-order valence-corrected chi connectivity index (χ4v) is 1.75. The maximum atomic E-state index is 12.3. The zero-order valence-corrected chi connectivity index (χ0v) is 11.9. The number of benzene rings is 1. The molecule has 0 spiro atoms. The monoisotopic (exact) mass is 281 g/mol. The Labute approximate surface area is 123 Å². The summed E-state index contributed by atoms with van der Waals surface area (Å²) in [4.78, 5) is 20.2. The lowest BCUT2D eigenvalue weighted by atomic mass is 9.99. The van der Waals surface area contributed by atoms with E-state index in [0.29, 0.717) is 17.0 Å². The number of nitrogens with zero attached hydrogens (tertiary/aromatic N) is 3. The summed E-state index contributed by atoms with van der Waals surface area (Å²) in [7, 11) is 0. The highest BCUT2D eigenvalue weighted by Crippen LogP contribution is 2.20. The van der Waals surface area contributed by atoms with Gasteiger partial charge in [-0.15, -0.1) is 0 Å². The number of hydrogen-bond donors (Lipinski definition) is 0. The Balaban J connectivity index is 2.06. The summed E-state index contributed by atoms with van der Waals surface area (Å²) in [6.07, 6.45) is 3.20. The second-order valence-electron chi connectivity index (χ2n) is 5.05. The number of carbonyl (C=O) groups is 1. The Morgan fingerprint density at radius 2 is 2.00 bits per heavy atom. The van der Waals surface area contributed by atoms with Crippen molar-refractivity contribution in [3.8, 4) is 11.8 Å². The molecule has 0 amide bonds. The molecule has 106 valence electrons. The Kier molecular flexibility index (Phi) is 4.29. The minimum atomic E-state index is -0.973. The van der Waals surface area contributed by atoms with Crippen molar-refractivity contribution in [3.63, 3.8) is 0 Å². The summed E-state index contributed by atoms with van der Waals surface area (Å²) >= 11 is 0. The molecule has 0 fully saturated rings. The smallest absolute Gasteiger partial charge is 0.181 e. The van der Waals surface area contributed by atoms with Gasteiger partial charge in [0.1, 0.15) is 12.1 Å². The maximum absolute atomic E-state index is 12.3. The van der Waals surface area contributed by atoms with Crippen molar-refractivity contribution in [1.82, 2.24) is 9.97 Å². The van der Waals surface area contributed by atoms with Crippen LogP contribution in [0.2, 0.25) is 0 Å². The largest absolute Gasteiger partial charge is 0.480 e. The van der Waals surface area contributed by atoms with E-state index in [9.17, 15) is 4.79 Å². The first-order valence-corrected chi connectivity index (χ1v) is 6.48. The lowest BCUT2D eigenvalue weighted by Gasteiger charge is -2.25. The van der Waals surface area contributed by atoms with Gasteiger partial charge in [-0.25, -0.2) is 9.97 Å². The Hall–Kier alpha value is -2.74. The van der Waals surface area contributed by atoms with Crippen molar-refractivity contribution in [2.24, 2.45) is 0 Å². The lowest BCUT2D eigenvalue weighted by molar-refractivity contribution is -0.131. The molecule has 0 saturated carbocycles. The van der Waals surface area contributed by atoms with Crippen molar-refractivity contribution >= 4 is 5.78 Å². The normalized spacial score (nSPS) is 10.7. The minimum Gasteiger partial charge on any atom is -0.480 e. The topological polar surface area (TPSA) is 75.9 Å². The number of ketones is 1. The van der Waals surface area contributed by atoms with E-state index in [1.807, 2.05) is 6.07 Å². The van der Waals surface area contributed by atoms with E-state index in [1.54, 1.807) is 50.4 Å². The molecule has 2 rings (SSSR count). The van der Waals surface area contributed by atoms with Gasteiger partial charge in [-0.3, -0.25) is 4.79 Å². The number of hydrogen-bond acceptors (Lipinski definition) is 5. The van der Waals surface area contributed by atoms with Gasteiger partial charge in [-0.05, 0) is 44.2 Å². The second-order valence-corrected chi connectivity index (χ2v) is 5.05. The van der Waals surface area contributed by atoms with Crippen LogP contribution in [0.5, 0.6) is 5.75 Å². The highest BCUT2D eigenvalue weighted by Gasteiger charge is 2.29. The Morgan fingerprint density at radius 3 is 2.57 bits per heavy atom. The molecule has 0 bridgehead atoms. The molecule has 0 atom stereocenters. The standard InChI is InChI=1S/C16H15N3O2/c1-16(2,15(20)9-13-7-8-18-11-19-13)21-14-5-3-12(10-17)4-6-14/h3-8,11H,9H2,1-2H3. The number of carbonyl (C=O) groups excluding carboxylic acids is 1. The van der Waals surface area contributed by atoms with E-state index in [1.165, 1.54) is 6.33 Å². The van der Waals surface area contributed by atoms with Crippen LogP contribution >= 0.6 is 0 Å². The summed E-state index contributed by atoms with van der Waals surface area (Å²) in [6, 6.07) is 10.4. The van der Waals surface area contributed by atoms with Crippen LogP contribution in [-0.4, -0.2) is 21.4 Å². The van der Waals surface area contributed by atoms with E-state index < -0.39 is 5.60 Å². The first-order valence-electron chi connectivity index (χ1n) is 6.48. The van der Waals surface area contributed by atoms with Gasteiger partial charge in [0.05, 0.1) is 23.7 Å². The summed E-state index contributed by atoms with van der Waals surface area (Å²) in [5, 5.41) is 8.76. The predicted molar refractivity (Wildman–Crippen MR) is 76.6 cm³/mol. The quantitative estimate of drug-likeness (QED) is 0.840. The van der Waals surface area contributed by atoms with E-state index in [0.717, 1.165) is 0 Å². The van der Waals surface area contributed by atoms with Crippen molar-refractivity contribution in [3.05, 3.63) is 54.1 Å². The van der Waals surface area contributed by atoms with Crippen LogP contribution in [0.4, 0.5) is 0 Å². The van der Waals surface area contributed by atoms with Crippen molar-refractivity contribution in [1.29, 1.82) is 5.26 Å². The molecule has 5 heteroatoms. The Morgan fingerprint density at radius 1 is 1.29 bits per heavy atom. The highest BCUT2D eigenvalue weighted by molar-refractivity contribution is 5.88. The fraction of sp³-hybridized carbons (Fsp3) is 0.250. The van der Waals surface area contributed by atoms with E-state index in [2.05, 4.69) is 9.97 Å². The second kappa shape index (κ2) is 6.14. The van der Waals surface area contributed by atoms with Crippen molar-refractivity contribution < 1.29 is 9.53 Å². The third-order valence-corrected chi connectivity index (χ3v) is 3.01. The van der Waals surface area contributed by atoms with Gasteiger partial charge < -0.3 is 4.74 Å². The molecule has 5 nitrogen and oxygen atoms in total. The van der Waals surface area contributed by atoms with Gasteiger partial charge in [0, 0.05) is 6.20 Å². The summed E-state index contributed by atoms with van der Waals surface area (Å²) < 4.78 is 5.73. The zero-order valence-electron chi connectivity index (χ0n) is 11.9. The van der Waals surface area contributed by atoms with Crippen LogP contribution in [0.25, 0.3) is 0 Å². The molecule has 21 heavy (non-hydrogen) atoms. The molecule has 1 aromatic heterocycles. The lowest BCUT2D eigenvalue weighted by Crippen LogP contribution is -2.39. The molecule has 0 N–H and O–H groups in total. The fourth-order valence-electron chi connectivity index (χ4n) is 1.75. The Bertz CT molecular complexity index is 658. The molecule has 0 radical (unpaired) electrons. The SMILES string of the molecule is CC(C)(Oc1ccc(C#N)cc1)C(=O)Cc1ccncn1. The number of ether oxygens (including phenoxy) is 1. The third-order valence-electron chi connectivity index (χ3n) is 3.01. The van der Waals surface area contributed by atoms with Gasteiger partial charge in [-0.1, -0.05) is 0 Å². The zero-order chi connectivity index (χ0) is 15.3. The molecule has 0 aliphatic heterocycles. The highest BCUT2D eigenvalue weighted by atomic mass is 16.5. The molecule has 0 saturated heterocycles. The number of nitriles is 1. The van der Waals surface area contributed by atoms with Gasteiger partial charge >= 0.3 is 0 Å². The van der Waals surface area contributed by atoms with Crippen LogP contribution in [0.3, 0.4) is 0 Å². The van der Waals surface area contributed by atoms with E-state index in [4.69, 9.17) is 10.00 Å². The average molecular weight is 281 g/mol. The third kappa shape index (κ3) is 3.86. The van der Waals surface area contributed by atoms with Gasteiger partial charge in [0.2, 0.25) is 0 Å². The molecule has 0 aliphatic carbocycles. The van der Waals surface area contributed by atoms with Crippen molar-refractivity contribution in [2.45, 2.75) is 25.9 Å². The van der Waals surface area contributed by atoms with E-state index >= 15 is 0 Å². The van der Waals surface area contributed by atoms with Gasteiger partial charge in [-0.2, -0.15) is 5.26 Å². The van der Waals surface area contributed by atoms with E-state index in [-0.39, 0.29) is 12.2 Å². The van der Waals surface area contributed by atoms with Gasteiger partial charge in [0.15, 0.2) is 11.4 Å². The number of aromatic nitrogens is 2. The molecule has 1 aromatic carbocycles. The van der Waals surface area contributed by atoms with Crippen LogP contribution in [0.1, 0.15) is 25.1 Å². The summed E-state index contributed by atoms with van der Waals surface area (Å²) in [6.45, 7) is 3.43. The van der Waals surface area contributed by atoms with Crippen molar-refractivity contribution in [2.75, 3.05) is 0 Å². The van der Waals surface area contributed by atoms with Crippen LogP contribution in [-0.2, 0) is 11.2 Å². The molecule has 0 aliphatic rings.